The van der Waals surface area contributed by atoms with Crippen LogP contribution in [0.5, 0.6) is 17.2 Å². The monoisotopic (exact) mass is 474 g/mol. The van der Waals surface area contributed by atoms with Crippen molar-refractivity contribution in [1.82, 2.24) is 4.98 Å². The van der Waals surface area contributed by atoms with Gasteiger partial charge in [0.1, 0.15) is 29.7 Å². The Balaban J connectivity index is 1.14. The van der Waals surface area contributed by atoms with Crippen LogP contribution in [-0.2, 0) is 6.61 Å². The first-order chi connectivity index (χ1) is 16.7. The minimum absolute atomic E-state index is 0.479. The molecule has 0 bridgehead atoms. The smallest absolute Gasteiger partial charge is 0.205 e. The summed E-state index contributed by atoms with van der Waals surface area (Å²) in [7, 11) is 0. The molecular weight excluding hydrogens is 448 g/mol. The highest BCUT2D eigenvalue weighted by atomic mass is 32.1. The quantitative estimate of drug-likeness (QED) is 0.158. The Kier molecular flexibility index (Phi) is 8.35. The zero-order chi connectivity index (χ0) is 23.4. The van der Waals surface area contributed by atoms with Gasteiger partial charge in [-0.3, -0.25) is 5.43 Å². The minimum atomic E-state index is 0.479. The summed E-state index contributed by atoms with van der Waals surface area (Å²) in [4.78, 5) is 4.09. The molecule has 0 aliphatic carbocycles. The normalized spacial score (nSPS) is 10.8. The van der Waals surface area contributed by atoms with Gasteiger partial charge in [-0.2, -0.15) is 5.10 Å². The predicted octanol–water partition coefficient (Wildman–Crippen LogP) is 5.60. The molecule has 0 spiro atoms. The highest BCUT2D eigenvalue weighted by Crippen LogP contribution is 2.19. The maximum atomic E-state index is 5.84. The van der Waals surface area contributed by atoms with Crippen molar-refractivity contribution < 1.29 is 14.2 Å². The van der Waals surface area contributed by atoms with E-state index < -0.39 is 0 Å². The van der Waals surface area contributed by atoms with Crippen LogP contribution in [0.25, 0.3) is 0 Å². The van der Waals surface area contributed by atoms with Gasteiger partial charge in [-0.15, -0.1) is 11.3 Å². The van der Waals surface area contributed by atoms with Crippen LogP contribution < -0.4 is 25.4 Å². The van der Waals surface area contributed by atoms with Gasteiger partial charge in [0, 0.05) is 11.8 Å². The van der Waals surface area contributed by atoms with Crippen LogP contribution in [0.2, 0.25) is 0 Å². The van der Waals surface area contributed by atoms with E-state index in [1.165, 1.54) is 11.3 Å². The van der Waals surface area contributed by atoms with Gasteiger partial charge in [0.25, 0.3) is 0 Å². The van der Waals surface area contributed by atoms with Crippen molar-refractivity contribution in [2.45, 2.75) is 13.0 Å². The van der Waals surface area contributed by atoms with Crippen molar-refractivity contribution in [3.63, 3.8) is 0 Å². The summed E-state index contributed by atoms with van der Waals surface area (Å²) in [5.74, 6) is 2.88. The van der Waals surface area contributed by atoms with Crippen LogP contribution >= 0.6 is 11.3 Å². The molecule has 4 aromatic rings. The molecule has 0 saturated heterocycles. The SMILES string of the molecule is Nc1csc(NN=Cc2cccc(OCCCOc3ccc(OCc4ccccc4)cc3)c2)n1. The number of aromatic nitrogens is 1. The average molecular weight is 475 g/mol. The second kappa shape index (κ2) is 12.3. The van der Waals surface area contributed by atoms with E-state index in [4.69, 9.17) is 19.9 Å². The third-order valence-corrected chi connectivity index (χ3v) is 5.42. The van der Waals surface area contributed by atoms with Crippen LogP contribution in [-0.4, -0.2) is 24.4 Å². The molecule has 3 N–H and O–H groups in total. The summed E-state index contributed by atoms with van der Waals surface area (Å²) < 4.78 is 17.4. The lowest BCUT2D eigenvalue weighted by Crippen LogP contribution is -2.05. The number of anilines is 2. The molecule has 4 rings (SSSR count). The van der Waals surface area contributed by atoms with E-state index in [0.29, 0.717) is 30.8 Å². The summed E-state index contributed by atoms with van der Waals surface area (Å²) >= 11 is 1.40. The molecule has 1 heterocycles. The van der Waals surface area contributed by atoms with E-state index in [0.717, 1.165) is 34.8 Å². The van der Waals surface area contributed by atoms with E-state index in [1.54, 1.807) is 11.6 Å². The third kappa shape index (κ3) is 7.53. The Morgan fingerprint density at radius 3 is 2.32 bits per heavy atom. The predicted molar refractivity (Wildman–Crippen MR) is 137 cm³/mol. The molecule has 8 heteroatoms. The molecule has 0 atom stereocenters. The molecule has 7 nitrogen and oxygen atoms in total. The van der Waals surface area contributed by atoms with Crippen LogP contribution in [0.4, 0.5) is 10.9 Å². The summed E-state index contributed by atoms with van der Waals surface area (Å²) in [6.07, 6.45) is 2.47. The summed E-state index contributed by atoms with van der Waals surface area (Å²) in [6, 6.07) is 25.5. The first-order valence-electron chi connectivity index (χ1n) is 10.9. The van der Waals surface area contributed by atoms with E-state index in [2.05, 4.69) is 15.5 Å². The fourth-order valence-corrected chi connectivity index (χ4v) is 3.54. The number of nitrogens with two attached hydrogens (primary N) is 1. The highest BCUT2D eigenvalue weighted by Gasteiger charge is 2.00. The number of hydrogen-bond donors (Lipinski definition) is 2. The average Bonchev–Trinajstić information content (AvgIpc) is 3.29. The minimum Gasteiger partial charge on any atom is -0.493 e. The van der Waals surface area contributed by atoms with E-state index in [9.17, 15) is 0 Å². The van der Waals surface area contributed by atoms with Gasteiger partial charge < -0.3 is 19.9 Å². The number of ether oxygens (including phenoxy) is 3. The van der Waals surface area contributed by atoms with Gasteiger partial charge in [0.05, 0.1) is 19.4 Å². The maximum Gasteiger partial charge on any atom is 0.205 e. The van der Waals surface area contributed by atoms with Crippen molar-refractivity contribution in [1.29, 1.82) is 0 Å². The molecule has 3 aromatic carbocycles. The Labute approximate surface area is 202 Å². The van der Waals surface area contributed by atoms with Gasteiger partial charge in [-0.25, -0.2) is 4.98 Å². The second-order valence-electron chi connectivity index (χ2n) is 7.32. The van der Waals surface area contributed by atoms with Gasteiger partial charge in [0.2, 0.25) is 5.13 Å². The lowest BCUT2D eigenvalue weighted by molar-refractivity contribution is 0.247. The molecule has 0 radical (unpaired) electrons. The molecule has 1 aromatic heterocycles. The number of hydrazone groups is 1. The topological polar surface area (TPSA) is 91.0 Å². The molecule has 0 saturated carbocycles. The Bertz CT molecular complexity index is 1180. The Hall–Kier alpha value is -4.04. The van der Waals surface area contributed by atoms with E-state index in [1.807, 2.05) is 78.9 Å². The van der Waals surface area contributed by atoms with Crippen molar-refractivity contribution in [2.24, 2.45) is 5.10 Å². The number of benzene rings is 3. The van der Waals surface area contributed by atoms with Crippen LogP contribution in [0, 0.1) is 0 Å². The molecule has 34 heavy (non-hydrogen) atoms. The van der Waals surface area contributed by atoms with Gasteiger partial charge in [-0.1, -0.05) is 42.5 Å². The molecule has 0 fully saturated rings. The number of nitrogens with one attached hydrogen (secondary N) is 1. The zero-order valence-electron chi connectivity index (χ0n) is 18.6. The maximum absolute atomic E-state index is 5.84. The molecule has 0 aliphatic rings. The fraction of sp³-hybridized carbons (Fsp3) is 0.154. The van der Waals surface area contributed by atoms with E-state index >= 15 is 0 Å². The zero-order valence-corrected chi connectivity index (χ0v) is 19.4. The summed E-state index contributed by atoms with van der Waals surface area (Å²) in [5, 5.41) is 6.58. The number of thiazole rings is 1. The molecule has 0 unspecified atom stereocenters. The number of rotatable bonds is 12. The molecule has 174 valence electrons. The number of nitrogen functional groups attached to an aromatic ring is 1. The molecule has 0 amide bonds. The summed E-state index contributed by atoms with van der Waals surface area (Å²) in [5.41, 5.74) is 10.5. The standard InChI is InChI=1S/C26H26N4O3S/c27-25-19-34-26(29-25)30-28-17-21-8-4-9-24(16-21)32-15-5-14-31-22-10-12-23(13-11-22)33-18-20-6-2-1-3-7-20/h1-4,6-13,16-17,19H,5,14-15,18,27H2,(H,29,30). The summed E-state index contributed by atoms with van der Waals surface area (Å²) in [6.45, 7) is 1.66. The highest BCUT2D eigenvalue weighted by molar-refractivity contribution is 7.14. The molecule has 0 aliphatic heterocycles. The third-order valence-electron chi connectivity index (χ3n) is 4.65. The number of hydrogen-bond acceptors (Lipinski definition) is 8. The molecular formula is C26H26N4O3S. The van der Waals surface area contributed by atoms with Crippen molar-refractivity contribution in [3.05, 3.63) is 95.4 Å². The Morgan fingerprint density at radius 2 is 1.59 bits per heavy atom. The van der Waals surface area contributed by atoms with Gasteiger partial charge >= 0.3 is 0 Å². The van der Waals surface area contributed by atoms with Crippen LogP contribution in [0.15, 0.2) is 89.3 Å². The van der Waals surface area contributed by atoms with Crippen LogP contribution in [0.3, 0.4) is 0 Å². The van der Waals surface area contributed by atoms with Crippen molar-refractivity contribution in [2.75, 3.05) is 24.4 Å². The van der Waals surface area contributed by atoms with Crippen molar-refractivity contribution >= 4 is 28.5 Å². The first kappa shape index (κ1) is 23.1. The lowest BCUT2D eigenvalue weighted by Gasteiger charge is -2.10. The second-order valence-corrected chi connectivity index (χ2v) is 8.17. The van der Waals surface area contributed by atoms with Crippen LogP contribution in [0.1, 0.15) is 17.5 Å². The van der Waals surface area contributed by atoms with Gasteiger partial charge in [-0.05, 0) is 47.5 Å². The fourth-order valence-electron chi connectivity index (χ4n) is 3.00. The lowest BCUT2D eigenvalue weighted by atomic mass is 10.2. The largest absolute Gasteiger partial charge is 0.493 e. The number of nitrogens with zero attached hydrogens (tertiary/aromatic N) is 2. The van der Waals surface area contributed by atoms with E-state index in [-0.39, 0.29) is 0 Å². The Morgan fingerprint density at radius 1 is 0.853 bits per heavy atom. The first-order valence-corrected chi connectivity index (χ1v) is 11.7. The van der Waals surface area contributed by atoms with Crippen molar-refractivity contribution in [3.8, 4) is 17.2 Å². The van der Waals surface area contributed by atoms with Gasteiger partial charge in [0.15, 0.2) is 0 Å².